The molecule has 2 N–H and O–H groups in total. The number of anilines is 1. The van der Waals surface area contributed by atoms with Crippen LogP contribution in [0.4, 0.5) is 14.7 Å². The standard InChI is InChI=1S/C12H12F2N2O/c1-6(2)7-3-8(11(14)4-10(7)13)9-5-16-17-12(9)15/h3-6H,15H2,1-2H3. The molecule has 0 amide bonds. The Labute approximate surface area is 97.2 Å². The van der Waals surface area contributed by atoms with Crippen LogP contribution in [0.5, 0.6) is 0 Å². The summed E-state index contributed by atoms with van der Waals surface area (Å²) in [6.07, 6.45) is 1.32. The van der Waals surface area contributed by atoms with Crippen LogP contribution in [0.25, 0.3) is 11.1 Å². The Kier molecular flexibility index (Phi) is 2.83. The summed E-state index contributed by atoms with van der Waals surface area (Å²) in [6, 6.07) is 2.30. The minimum atomic E-state index is -0.679. The van der Waals surface area contributed by atoms with Gasteiger partial charge in [-0.1, -0.05) is 19.0 Å². The lowest BCUT2D eigenvalue weighted by molar-refractivity contribution is 0.436. The minimum absolute atomic E-state index is 0.0187. The maximum atomic E-state index is 13.7. The summed E-state index contributed by atoms with van der Waals surface area (Å²) in [5.74, 6) is -1.27. The van der Waals surface area contributed by atoms with Gasteiger partial charge in [0.25, 0.3) is 0 Å². The molecule has 2 aromatic rings. The van der Waals surface area contributed by atoms with Gasteiger partial charge < -0.3 is 10.3 Å². The lowest BCUT2D eigenvalue weighted by Crippen LogP contribution is -1.97. The van der Waals surface area contributed by atoms with Crippen LogP contribution >= 0.6 is 0 Å². The van der Waals surface area contributed by atoms with Crippen LogP contribution in [-0.2, 0) is 0 Å². The van der Waals surface area contributed by atoms with Gasteiger partial charge >= 0.3 is 0 Å². The molecule has 0 unspecified atom stereocenters. The van der Waals surface area contributed by atoms with Gasteiger partial charge in [0.1, 0.15) is 11.6 Å². The first-order chi connectivity index (χ1) is 8.00. The van der Waals surface area contributed by atoms with Crippen LogP contribution in [-0.4, -0.2) is 5.16 Å². The SMILES string of the molecule is CC(C)c1cc(-c2cnoc2N)c(F)cc1F. The van der Waals surface area contributed by atoms with Crippen molar-refractivity contribution >= 4 is 5.88 Å². The van der Waals surface area contributed by atoms with E-state index in [0.29, 0.717) is 11.1 Å². The fraction of sp³-hybridized carbons (Fsp3) is 0.250. The van der Waals surface area contributed by atoms with Gasteiger partial charge in [-0.15, -0.1) is 0 Å². The Balaban J connectivity index is 2.63. The van der Waals surface area contributed by atoms with E-state index in [1.807, 2.05) is 13.8 Å². The second-order valence-corrected chi connectivity index (χ2v) is 4.11. The Morgan fingerprint density at radius 3 is 2.41 bits per heavy atom. The van der Waals surface area contributed by atoms with E-state index in [-0.39, 0.29) is 17.4 Å². The maximum absolute atomic E-state index is 13.7. The smallest absolute Gasteiger partial charge is 0.230 e. The molecule has 2 rings (SSSR count). The number of nitrogens with zero attached hydrogens (tertiary/aromatic N) is 1. The van der Waals surface area contributed by atoms with Crippen molar-refractivity contribution in [2.24, 2.45) is 0 Å². The highest BCUT2D eigenvalue weighted by Gasteiger charge is 2.17. The lowest BCUT2D eigenvalue weighted by Gasteiger charge is -2.10. The third-order valence-corrected chi connectivity index (χ3v) is 2.60. The number of hydrogen-bond donors (Lipinski definition) is 1. The fourth-order valence-electron chi connectivity index (χ4n) is 1.67. The molecule has 3 nitrogen and oxygen atoms in total. The average molecular weight is 238 g/mol. The van der Waals surface area contributed by atoms with Crippen molar-refractivity contribution < 1.29 is 13.3 Å². The second kappa shape index (κ2) is 4.16. The summed E-state index contributed by atoms with van der Waals surface area (Å²) < 4.78 is 31.9. The molecule has 0 saturated heterocycles. The van der Waals surface area contributed by atoms with E-state index >= 15 is 0 Å². The predicted molar refractivity (Wildman–Crippen MR) is 60.4 cm³/mol. The van der Waals surface area contributed by atoms with Gasteiger partial charge in [-0.3, -0.25) is 0 Å². The summed E-state index contributed by atoms with van der Waals surface area (Å²) in [7, 11) is 0. The Morgan fingerprint density at radius 2 is 1.88 bits per heavy atom. The van der Waals surface area contributed by atoms with E-state index in [1.54, 1.807) is 0 Å². The topological polar surface area (TPSA) is 52.0 Å². The third-order valence-electron chi connectivity index (χ3n) is 2.60. The molecule has 1 aromatic carbocycles. The van der Waals surface area contributed by atoms with Gasteiger partial charge in [-0.2, -0.15) is 0 Å². The second-order valence-electron chi connectivity index (χ2n) is 4.11. The van der Waals surface area contributed by atoms with Crippen LogP contribution in [0, 0.1) is 11.6 Å². The largest absolute Gasteiger partial charge is 0.367 e. The van der Waals surface area contributed by atoms with Crippen LogP contribution < -0.4 is 5.73 Å². The molecule has 0 aliphatic carbocycles. The molecule has 0 spiro atoms. The highest BCUT2D eigenvalue weighted by molar-refractivity contribution is 5.73. The van der Waals surface area contributed by atoms with Gasteiger partial charge in [-0.05, 0) is 17.5 Å². The van der Waals surface area contributed by atoms with Gasteiger partial charge in [0.2, 0.25) is 5.88 Å². The minimum Gasteiger partial charge on any atom is -0.367 e. The predicted octanol–water partition coefficient (Wildman–Crippen LogP) is 3.33. The molecular formula is C12H12F2N2O. The van der Waals surface area contributed by atoms with E-state index in [2.05, 4.69) is 9.68 Å². The molecule has 0 bridgehead atoms. The molecule has 90 valence electrons. The van der Waals surface area contributed by atoms with E-state index in [4.69, 9.17) is 5.73 Å². The zero-order valence-corrected chi connectivity index (χ0v) is 9.50. The van der Waals surface area contributed by atoms with Gasteiger partial charge in [0.05, 0.1) is 11.8 Å². The van der Waals surface area contributed by atoms with E-state index in [0.717, 1.165) is 6.07 Å². The maximum Gasteiger partial charge on any atom is 0.230 e. The Bertz CT molecular complexity index is 549. The monoisotopic (exact) mass is 238 g/mol. The average Bonchev–Trinajstić information content (AvgIpc) is 2.64. The number of rotatable bonds is 2. The first-order valence-electron chi connectivity index (χ1n) is 5.20. The zero-order chi connectivity index (χ0) is 12.6. The quantitative estimate of drug-likeness (QED) is 0.873. The van der Waals surface area contributed by atoms with E-state index in [1.165, 1.54) is 12.3 Å². The van der Waals surface area contributed by atoms with Gasteiger partial charge in [-0.25, -0.2) is 8.78 Å². The number of nitrogens with two attached hydrogens (primary N) is 1. The van der Waals surface area contributed by atoms with Crippen LogP contribution in [0.3, 0.4) is 0 Å². The number of nitrogen functional groups attached to an aromatic ring is 1. The number of halogens is 2. The van der Waals surface area contributed by atoms with Crippen molar-refractivity contribution in [2.45, 2.75) is 19.8 Å². The first kappa shape index (κ1) is 11.6. The van der Waals surface area contributed by atoms with Crippen LogP contribution in [0.1, 0.15) is 25.3 Å². The molecule has 17 heavy (non-hydrogen) atoms. The fourth-order valence-corrected chi connectivity index (χ4v) is 1.67. The van der Waals surface area contributed by atoms with Crippen molar-refractivity contribution in [3.8, 4) is 11.1 Å². The van der Waals surface area contributed by atoms with Gasteiger partial charge in [0.15, 0.2) is 0 Å². The van der Waals surface area contributed by atoms with Crippen molar-refractivity contribution in [3.63, 3.8) is 0 Å². The Morgan fingerprint density at radius 1 is 1.18 bits per heavy atom. The molecule has 0 saturated carbocycles. The highest BCUT2D eigenvalue weighted by Crippen LogP contribution is 2.32. The third kappa shape index (κ3) is 2.00. The summed E-state index contributed by atoms with van der Waals surface area (Å²) >= 11 is 0. The van der Waals surface area contributed by atoms with Crippen molar-refractivity contribution in [3.05, 3.63) is 35.5 Å². The summed E-state index contributed by atoms with van der Waals surface area (Å²) in [5.41, 5.74) is 6.49. The molecule has 0 aliphatic heterocycles. The van der Waals surface area contributed by atoms with E-state index in [9.17, 15) is 8.78 Å². The number of benzene rings is 1. The molecule has 0 radical (unpaired) electrons. The van der Waals surface area contributed by atoms with Crippen LogP contribution in [0.15, 0.2) is 22.9 Å². The lowest BCUT2D eigenvalue weighted by atomic mass is 9.97. The molecule has 0 fully saturated rings. The highest BCUT2D eigenvalue weighted by atomic mass is 19.1. The van der Waals surface area contributed by atoms with E-state index < -0.39 is 11.6 Å². The Hall–Kier alpha value is -1.91. The van der Waals surface area contributed by atoms with Crippen molar-refractivity contribution in [1.29, 1.82) is 0 Å². The molecule has 0 aliphatic rings. The van der Waals surface area contributed by atoms with Crippen LogP contribution in [0.2, 0.25) is 0 Å². The molecule has 5 heteroatoms. The first-order valence-corrected chi connectivity index (χ1v) is 5.20. The molecular weight excluding hydrogens is 226 g/mol. The van der Waals surface area contributed by atoms with Crippen molar-refractivity contribution in [1.82, 2.24) is 5.16 Å². The molecule has 1 heterocycles. The summed E-state index contributed by atoms with van der Waals surface area (Å²) in [4.78, 5) is 0. The summed E-state index contributed by atoms with van der Waals surface area (Å²) in [5, 5.41) is 3.48. The zero-order valence-electron chi connectivity index (χ0n) is 9.50. The number of aromatic nitrogens is 1. The normalized spacial score (nSPS) is 11.1. The molecule has 0 atom stereocenters. The van der Waals surface area contributed by atoms with Crippen molar-refractivity contribution in [2.75, 3.05) is 5.73 Å². The molecule has 1 aromatic heterocycles. The van der Waals surface area contributed by atoms with Gasteiger partial charge in [0, 0.05) is 11.6 Å². The summed E-state index contributed by atoms with van der Waals surface area (Å²) in [6.45, 7) is 3.66. The number of hydrogen-bond acceptors (Lipinski definition) is 3.